The Morgan fingerprint density at radius 3 is 2.56 bits per heavy atom. The Labute approximate surface area is 114 Å². The van der Waals surface area contributed by atoms with Gasteiger partial charge in [0.05, 0.1) is 0 Å². The Balaban J connectivity index is 1.69. The van der Waals surface area contributed by atoms with Gasteiger partial charge in [-0.1, -0.05) is 24.6 Å². The van der Waals surface area contributed by atoms with E-state index in [0.29, 0.717) is 5.15 Å². The molecule has 2 aliphatic rings. The molecule has 2 aliphatic heterocycles. The fraction of sp³-hybridized carbons (Fsp3) is 0.643. The minimum absolute atomic E-state index is 0.581. The van der Waals surface area contributed by atoms with Crippen molar-refractivity contribution in [3.05, 3.63) is 29.0 Å². The van der Waals surface area contributed by atoms with Crippen LogP contribution in [-0.4, -0.2) is 46.5 Å². The predicted molar refractivity (Wildman–Crippen MR) is 73.7 cm³/mol. The summed E-state index contributed by atoms with van der Waals surface area (Å²) in [5, 5.41) is 0.581. The number of likely N-dealkylation sites (tertiary alicyclic amines) is 1. The molecule has 2 fully saturated rings. The molecule has 0 aliphatic carbocycles. The highest BCUT2D eigenvalue weighted by atomic mass is 35.5. The van der Waals surface area contributed by atoms with Crippen LogP contribution < -0.4 is 0 Å². The van der Waals surface area contributed by atoms with E-state index in [-0.39, 0.29) is 0 Å². The van der Waals surface area contributed by atoms with Crippen molar-refractivity contribution in [3.63, 3.8) is 0 Å². The van der Waals surface area contributed by atoms with Crippen LogP contribution in [0.4, 0.5) is 0 Å². The second-order valence-corrected chi connectivity index (χ2v) is 5.79. The van der Waals surface area contributed by atoms with Crippen LogP contribution in [0.3, 0.4) is 0 Å². The normalized spacial score (nSPS) is 28.8. The van der Waals surface area contributed by atoms with Crippen molar-refractivity contribution in [2.24, 2.45) is 0 Å². The molecule has 1 aromatic heterocycles. The van der Waals surface area contributed by atoms with Gasteiger partial charge in [-0.25, -0.2) is 4.98 Å². The molecule has 3 rings (SSSR count). The summed E-state index contributed by atoms with van der Waals surface area (Å²) in [7, 11) is 0. The Morgan fingerprint density at radius 2 is 2.00 bits per heavy atom. The molecule has 0 N–H and O–H groups in total. The first-order valence-electron chi connectivity index (χ1n) is 6.85. The highest BCUT2D eigenvalue weighted by Crippen LogP contribution is 2.31. The van der Waals surface area contributed by atoms with Crippen molar-refractivity contribution < 1.29 is 0 Å². The van der Waals surface area contributed by atoms with Crippen LogP contribution in [0.5, 0.6) is 0 Å². The van der Waals surface area contributed by atoms with E-state index < -0.39 is 0 Å². The van der Waals surface area contributed by atoms with Gasteiger partial charge in [-0.3, -0.25) is 4.90 Å². The third-order valence-electron chi connectivity index (χ3n) is 4.31. The quantitative estimate of drug-likeness (QED) is 0.783. The third kappa shape index (κ3) is 2.40. The fourth-order valence-electron chi connectivity index (χ4n) is 3.30. The maximum atomic E-state index is 5.83. The lowest BCUT2D eigenvalue weighted by Crippen LogP contribution is -2.52. The van der Waals surface area contributed by atoms with E-state index in [1.807, 2.05) is 12.3 Å². The minimum atomic E-state index is 0.581. The molecule has 2 unspecified atom stereocenters. The molecule has 2 atom stereocenters. The Kier molecular flexibility index (Phi) is 3.55. The van der Waals surface area contributed by atoms with E-state index >= 15 is 0 Å². The van der Waals surface area contributed by atoms with E-state index in [2.05, 4.69) is 27.8 Å². The van der Waals surface area contributed by atoms with Gasteiger partial charge in [0.15, 0.2) is 0 Å². The van der Waals surface area contributed by atoms with Crippen LogP contribution in [0.1, 0.15) is 25.3 Å². The van der Waals surface area contributed by atoms with E-state index in [9.17, 15) is 0 Å². The van der Waals surface area contributed by atoms with Gasteiger partial charge >= 0.3 is 0 Å². The van der Waals surface area contributed by atoms with E-state index in [4.69, 9.17) is 11.6 Å². The molecule has 18 heavy (non-hydrogen) atoms. The summed E-state index contributed by atoms with van der Waals surface area (Å²) >= 11 is 5.83. The van der Waals surface area contributed by atoms with Crippen LogP contribution in [0.15, 0.2) is 18.3 Å². The molecule has 0 spiro atoms. The molecule has 1 aromatic rings. The standard InChI is InChI=1S/C14H20ClN3/c1-2-17-9-12-4-5-13(10-17)18(12)8-11-3-6-14(15)16-7-11/h3,6-7,12-13H,2,4-5,8-10H2,1H3. The van der Waals surface area contributed by atoms with Crippen molar-refractivity contribution in [1.82, 2.24) is 14.8 Å². The van der Waals surface area contributed by atoms with Gasteiger partial charge in [0.25, 0.3) is 0 Å². The van der Waals surface area contributed by atoms with Crippen molar-refractivity contribution >= 4 is 11.6 Å². The number of fused-ring (bicyclic) bond motifs is 2. The number of hydrogen-bond acceptors (Lipinski definition) is 3. The minimum Gasteiger partial charge on any atom is -0.301 e. The van der Waals surface area contributed by atoms with Crippen molar-refractivity contribution in [2.75, 3.05) is 19.6 Å². The number of rotatable bonds is 3. The van der Waals surface area contributed by atoms with Gasteiger partial charge in [-0.15, -0.1) is 0 Å². The first-order chi connectivity index (χ1) is 8.76. The van der Waals surface area contributed by atoms with E-state index in [1.165, 1.54) is 38.0 Å². The summed E-state index contributed by atoms with van der Waals surface area (Å²) in [6, 6.07) is 5.46. The Bertz CT molecular complexity index is 392. The molecule has 2 saturated heterocycles. The second kappa shape index (κ2) is 5.16. The van der Waals surface area contributed by atoms with Crippen molar-refractivity contribution in [3.8, 4) is 0 Å². The summed E-state index contributed by atoms with van der Waals surface area (Å²) in [5.74, 6) is 0. The average Bonchev–Trinajstić information content (AvgIpc) is 2.63. The zero-order valence-electron chi connectivity index (χ0n) is 10.8. The zero-order valence-corrected chi connectivity index (χ0v) is 11.6. The SMILES string of the molecule is CCN1CC2CCC(C1)N2Cc1ccc(Cl)nc1. The number of likely N-dealkylation sites (N-methyl/N-ethyl adjacent to an activating group) is 1. The molecule has 3 nitrogen and oxygen atoms in total. The van der Waals surface area contributed by atoms with Gasteiger partial charge in [-0.2, -0.15) is 0 Å². The molecule has 98 valence electrons. The number of hydrogen-bond donors (Lipinski definition) is 0. The number of pyridine rings is 1. The summed E-state index contributed by atoms with van der Waals surface area (Å²) in [5.41, 5.74) is 1.28. The zero-order chi connectivity index (χ0) is 12.5. The van der Waals surface area contributed by atoms with E-state index in [0.717, 1.165) is 18.6 Å². The fourth-order valence-corrected chi connectivity index (χ4v) is 3.42. The van der Waals surface area contributed by atoms with Gasteiger partial charge < -0.3 is 4.90 Å². The number of nitrogens with zero attached hydrogens (tertiary/aromatic N) is 3. The lowest BCUT2D eigenvalue weighted by molar-refractivity contribution is 0.0641. The van der Waals surface area contributed by atoms with Crippen LogP contribution >= 0.6 is 11.6 Å². The molecule has 3 heterocycles. The van der Waals surface area contributed by atoms with Crippen LogP contribution in [0.25, 0.3) is 0 Å². The Hall–Kier alpha value is -0.640. The Morgan fingerprint density at radius 1 is 1.28 bits per heavy atom. The summed E-state index contributed by atoms with van der Waals surface area (Å²) in [6.07, 6.45) is 4.61. The maximum absolute atomic E-state index is 5.83. The van der Waals surface area contributed by atoms with Crippen LogP contribution in [-0.2, 0) is 6.54 Å². The predicted octanol–water partition coefficient (Wildman–Crippen LogP) is 2.40. The van der Waals surface area contributed by atoms with Gasteiger partial charge in [0.2, 0.25) is 0 Å². The monoisotopic (exact) mass is 265 g/mol. The summed E-state index contributed by atoms with van der Waals surface area (Å²) in [6.45, 7) is 6.93. The lowest BCUT2D eigenvalue weighted by Gasteiger charge is -2.40. The highest BCUT2D eigenvalue weighted by molar-refractivity contribution is 6.29. The van der Waals surface area contributed by atoms with Gasteiger partial charge in [0.1, 0.15) is 5.15 Å². The highest BCUT2D eigenvalue weighted by Gasteiger charge is 2.38. The molecule has 0 radical (unpaired) electrons. The average molecular weight is 266 g/mol. The molecule has 4 heteroatoms. The topological polar surface area (TPSA) is 19.4 Å². The van der Waals surface area contributed by atoms with Crippen LogP contribution in [0.2, 0.25) is 5.15 Å². The van der Waals surface area contributed by atoms with Gasteiger partial charge in [0, 0.05) is 37.9 Å². The number of aromatic nitrogens is 1. The maximum Gasteiger partial charge on any atom is 0.129 e. The number of piperazine rings is 1. The third-order valence-corrected chi connectivity index (χ3v) is 4.53. The molecule has 0 amide bonds. The molecule has 0 saturated carbocycles. The molecule has 0 aromatic carbocycles. The van der Waals surface area contributed by atoms with Crippen molar-refractivity contribution in [1.29, 1.82) is 0 Å². The summed E-state index contributed by atoms with van der Waals surface area (Å²) in [4.78, 5) is 9.42. The molecular weight excluding hydrogens is 246 g/mol. The smallest absolute Gasteiger partial charge is 0.129 e. The second-order valence-electron chi connectivity index (χ2n) is 5.40. The lowest BCUT2D eigenvalue weighted by atomic mass is 10.1. The van der Waals surface area contributed by atoms with Crippen LogP contribution in [0, 0.1) is 0 Å². The van der Waals surface area contributed by atoms with Crippen molar-refractivity contribution in [2.45, 2.75) is 38.4 Å². The largest absolute Gasteiger partial charge is 0.301 e. The first kappa shape index (κ1) is 12.4. The summed E-state index contributed by atoms with van der Waals surface area (Å²) < 4.78 is 0. The first-order valence-corrected chi connectivity index (χ1v) is 7.22. The molecule has 2 bridgehead atoms. The molecular formula is C14H20ClN3. The van der Waals surface area contributed by atoms with Gasteiger partial charge in [-0.05, 0) is 31.0 Å². The number of halogens is 1. The van der Waals surface area contributed by atoms with E-state index in [1.54, 1.807) is 0 Å².